The molecule has 2 fully saturated rings. The Hall–Kier alpha value is -1.15. The first-order chi connectivity index (χ1) is 8.25. The number of piperidine rings is 1. The zero-order valence-corrected chi connectivity index (χ0v) is 10.3. The predicted octanol–water partition coefficient (Wildman–Crippen LogP) is 2.66. The van der Waals surface area contributed by atoms with Gasteiger partial charge in [0.15, 0.2) is 0 Å². The number of fused-ring (bicyclic) bond motifs is 2. The van der Waals surface area contributed by atoms with Crippen LogP contribution in [0.15, 0.2) is 30.3 Å². The van der Waals surface area contributed by atoms with Crippen molar-refractivity contribution in [3.05, 3.63) is 35.9 Å². The van der Waals surface area contributed by atoms with Gasteiger partial charge in [0.25, 0.3) is 0 Å². The van der Waals surface area contributed by atoms with Gasteiger partial charge in [-0.05, 0) is 25.3 Å². The Morgan fingerprint density at radius 3 is 2.29 bits per heavy atom. The third kappa shape index (κ3) is 1.91. The summed E-state index contributed by atoms with van der Waals surface area (Å²) in [6, 6.07) is 11.0. The van der Waals surface area contributed by atoms with Gasteiger partial charge in [-0.25, -0.2) is 0 Å². The van der Waals surface area contributed by atoms with E-state index in [0.29, 0.717) is 23.7 Å². The molecular weight excluding hydrogens is 210 g/mol. The highest BCUT2D eigenvalue weighted by molar-refractivity contribution is 5.86. The first-order valence-electron chi connectivity index (χ1n) is 6.58. The van der Waals surface area contributed by atoms with Gasteiger partial charge in [0.2, 0.25) is 0 Å². The topological polar surface area (TPSA) is 20.3 Å². The molecule has 0 radical (unpaired) electrons. The fourth-order valence-corrected chi connectivity index (χ4v) is 3.28. The van der Waals surface area contributed by atoms with Gasteiger partial charge < -0.3 is 0 Å². The van der Waals surface area contributed by atoms with Gasteiger partial charge >= 0.3 is 0 Å². The maximum absolute atomic E-state index is 11.9. The number of likely N-dealkylation sites (tertiary alicyclic amines) is 1. The fraction of sp³-hybridized carbons (Fsp3) is 0.533. The number of hydrogen-bond acceptors (Lipinski definition) is 2. The third-order valence-corrected chi connectivity index (χ3v) is 4.41. The van der Waals surface area contributed by atoms with Crippen LogP contribution in [0.2, 0.25) is 0 Å². The summed E-state index contributed by atoms with van der Waals surface area (Å²) in [6.07, 6.45) is 2.23. The van der Waals surface area contributed by atoms with Crippen LogP contribution in [0.25, 0.3) is 0 Å². The number of hydrogen-bond donors (Lipinski definition) is 0. The number of carbonyl (C=O) groups excluding carboxylic acids is 1. The lowest BCUT2D eigenvalue weighted by molar-refractivity contribution is -0.128. The molecule has 3 rings (SSSR count). The molecule has 3 atom stereocenters. The average Bonchev–Trinajstić information content (AvgIpc) is 2.61. The highest BCUT2D eigenvalue weighted by Gasteiger charge is 2.41. The SMILES string of the molecule is C[C@H](c1ccccc1)N1C[C@H]2CC[C@@H](C1)C2=O. The maximum Gasteiger partial charge on any atom is 0.141 e. The van der Waals surface area contributed by atoms with E-state index >= 15 is 0 Å². The van der Waals surface area contributed by atoms with Crippen LogP contribution in [0.1, 0.15) is 31.4 Å². The van der Waals surface area contributed by atoms with Crippen molar-refractivity contribution in [3.63, 3.8) is 0 Å². The molecule has 2 bridgehead atoms. The molecule has 2 heteroatoms. The van der Waals surface area contributed by atoms with Gasteiger partial charge in [-0.1, -0.05) is 30.3 Å². The Morgan fingerprint density at radius 1 is 1.12 bits per heavy atom. The molecule has 1 aromatic rings. The van der Waals surface area contributed by atoms with E-state index in [9.17, 15) is 4.79 Å². The van der Waals surface area contributed by atoms with Gasteiger partial charge in [0.05, 0.1) is 0 Å². The number of carbonyl (C=O) groups is 1. The van der Waals surface area contributed by atoms with Crippen LogP contribution in [0, 0.1) is 11.8 Å². The van der Waals surface area contributed by atoms with Gasteiger partial charge in [0, 0.05) is 31.0 Å². The predicted molar refractivity (Wildman–Crippen MR) is 67.7 cm³/mol. The maximum atomic E-state index is 11.9. The molecule has 0 amide bonds. The molecule has 0 spiro atoms. The van der Waals surface area contributed by atoms with Gasteiger partial charge in [0.1, 0.15) is 5.78 Å². The molecule has 2 aliphatic rings. The molecule has 0 aromatic heterocycles. The summed E-state index contributed by atoms with van der Waals surface area (Å²) in [5.41, 5.74) is 1.36. The Balaban J connectivity index is 1.76. The van der Waals surface area contributed by atoms with E-state index in [0.717, 1.165) is 25.9 Å². The summed E-state index contributed by atoms with van der Waals surface area (Å²) in [5, 5.41) is 0. The fourth-order valence-electron chi connectivity index (χ4n) is 3.28. The van der Waals surface area contributed by atoms with E-state index in [1.54, 1.807) is 0 Å². The minimum absolute atomic E-state index is 0.319. The first kappa shape index (κ1) is 11.0. The summed E-state index contributed by atoms with van der Waals surface area (Å²) < 4.78 is 0. The molecule has 17 heavy (non-hydrogen) atoms. The third-order valence-electron chi connectivity index (χ3n) is 4.41. The summed E-state index contributed by atoms with van der Waals surface area (Å²) in [4.78, 5) is 14.4. The lowest BCUT2D eigenvalue weighted by Crippen LogP contribution is -2.43. The number of nitrogens with zero attached hydrogens (tertiary/aromatic N) is 1. The Labute approximate surface area is 103 Å². The second-order valence-corrected chi connectivity index (χ2v) is 5.41. The zero-order chi connectivity index (χ0) is 11.8. The van der Waals surface area contributed by atoms with Crippen LogP contribution >= 0.6 is 0 Å². The normalized spacial score (nSPS) is 30.5. The van der Waals surface area contributed by atoms with E-state index in [1.165, 1.54) is 5.56 Å². The Bertz CT molecular complexity index is 398. The first-order valence-corrected chi connectivity index (χ1v) is 6.58. The molecule has 0 unspecified atom stereocenters. The number of rotatable bonds is 2. The van der Waals surface area contributed by atoms with Crippen LogP contribution in [-0.2, 0) is 4.79 Å². The lowest BCUT2D eigenvalue weighted by atomic mass is 9.94. The minimum Gasteiger partial charge on any atom is -0.299 e. The Kier molecular flexibility index (Phi) is 2.75. The molecule has 1 heterocycles. The number of Topliss-reactive ketones (excluding diaryl/α,β-unsaturated/α-hetero) is 1. The molecule has 1 saturated heterocycles. The monoisotopic (exact) mass is 229 g/mol. The molecule has 1 aromatic carbocycles. The van der Waals surface area contributed by atoms with Crippen molar-refractivity contribution in [2.45, 2.75) is 25.8 Å². The second kappa shape index (κ2) is 4.26. The van der Waals surface area contributed by atoms with Gasteiger partial charge in [-0.2, -0.15) is 0 Å². The van der Waals surface area contributed by atoms with E-state index in [4.69, 9.17) is 0 Å². The molecular formula is C15H19NO. The standard InChI is InChI=1S/C15H19NO/c1-11(12-5-3-2-4-6-12)16-9-13-7-8-14(10-16)15(13)17/h2-6,11,13-14H,7-10H2,1H3/t11-,13-,14+/m1/s1. The van der Waals surface area contributed by atoms with Crippen LogP contribution in [0.5, 0.6) is 0 Å². The van der Waals surface area contributed by atoms with E-state index in [1.807, 2.05) is 0 Å². The van der Waals surface area contributed by atoms with Crippen LogP contribution < -0.4 is 0 Å². The average molecular weight is 229 g/mol. The largest absolute Gasteiger partial charge is 0.299 e. The van der Waals surface area contributed by atoms with Crippen molar-refractivity contribution in [2.24, 2.45) is 11.8 Å². The van der Waals surface area contributed by atoms with Crippen LogP contribution in [-0.4, -0.2) is 23.8 Å². The van der Waals surface area contributed by atoms with E-state index < -0.39 is 0 Å². The summed E-state index contributed by atoms with van der Waals surface area (Å²) in [6.45, 7) is 4.18. The summed E-state index contributed by atoms with van der Waals surface area (Å²) in [5.74, 6) is 1.17. The minimum atomic E-state index is 0.319. The summed E-state index contributed by atoms with van der Waals surface area (Å²) >= 11 is 0. The molecule has 2 nitrogen and oxygen atoms in total. The van der Waals surface area contributed by atoms with E-state index in [-0.39, 0.29) is 0 Å². The van der Waals surface area contributed by atoms with Crippen molar-refractivity contribution in [1.82, 2.24) is 4.90 Å². The van der Waals surface area contributed by atoms with Crippen molar-refractivity contribution >= 4 is 5.78 Å². The highest BCUT2D eigenvalue weighted by Crippen LogP contribution is 2.36. The molecule has 90 valence electrons. The number of benzene rings is 1. The lowest BCUT2D eigenvalue weighted by Gasteiger charge is -2.35. The van der Waals surface area contributed by atoms with Crippen molar-refractivity contribution < 1.29 is 4.79 Å². The van der Waals surface area contributed by atoms with Crippen molar-refractivity contribution in [1.29, 1.82) is 0 Å². The smallest absolute Gasteiger partial charge is 0.141 e. The second-order valence-electron chi connectivity index (χ2n) is 5.41. The number of ketones is 1. The van der Waals surface area contributed by atoms with Crippen LogP contribution in [0.4, 0.5) is 0 Å². The van der Waals surface area contributed by atoms with Gasteiger partial charge in [-0.3, -0.25) is 9.69 Å². The quantitative estimate of drug-likeness (QED) is 0.777. The molecule has 0 N–H and O–H groups in total. The molecule has 1 aliphatic heterocycles. The van der Waals surface area contributed by atoms with Crippen LogP contribution in [0.3, 0.4) is 0 Å². The van der Waals surface area contributed by atoms with E-state index in [2.05, 4.69) is 42.2 Å². The van der Waals surface area contributed by atoms with Gasteiger partial charge in [-0.15, -0.1) is 0 Å². The Morgan fingerprint density at radius 2 is 1.71 bits per heavy atom. The summed E-state index contributed by atoms with van der Waals surface area (Å²) in [7, 11) is 0. The van der Waals surface area contributed by atoms with Crippen molar-refractivity contribution in [3.8, 4) is 0 Å². The highest BCUT2D eigenvalue weighted by atomic mass is 16.1. The molecule has 1 aliphatic carbocycles. The molecule has 1 saturated carbocycles. The zero-order valence-electron chi connectivity index (χ0n) is 10.3. The van der Waals surface area contributed by atoms with Crippen molar-refractivity contribution in [2.75, 3.05) is 13.1 Å².